The van der Waals surface area contributed by atoms with E-state index in [1.54, 1.807) is 0 Å². The molecule has 4 amide bonds. The Labute approximate surface area is 121 Å². The molecule has 0 fully saturated rings. The number of rotatable bonds is 7. The maximum atomic E-state index is 11.8. The van der Waals surface area contributed by atoms with Gasteiger partial charge < -0.3 is 10.2 Å². The molecule has 114 valence electrons. The van der Waals surface area contributed by atoms with E-state index >= 15 is 0 Å². The molecule has 0 heterocycles. The first-order valence-corrected chi connectivity index (χ1v) is 5.68. The summed E-state index contributed by atoms with van der Waals surface area (Å²) >= 11 is 0. The summed E-state index contributed by atoms with van der Waals surface area (Å²) in [4.78, 5) is 47.0. The first-order valence-electron chi connectivity index (χ1n) is 5.68. The van der Waals surface area contributed by atoms with Gasteiger partial charge in [0.25, 0.3) is 17.7 Å². The van der Waals surface area contributed by atoms with Gasteiger partial charge in [-0.2, -0.15) is 0 Å². The second kappa shape index (κ2) is 8.56. The molecule has 0 aromatic rings. The van der Waals surface area contributed by atoms with Crippen LogP contribution in [0.3, 0.4) is 0 Å². The number of aliphatic hydroxyl groups is 2. The zero-order chi connectivity index (χ0) is 16.6. The van der Waals surface area contributed by atoms with E-state index in [0.29, 0.717) is 9.80 Å². The lowest BCUT2D eigenvalue weighted by molar-refractivity contribution is -0.148. The van der Waals surface area contributed by atoms with Gasteiger partial charge in [-0.15, -0.1) is 0 Å². The smallest absolute Gasteiger partial charge is 0.258 e. The molecule has 0 aromatic heterocycles. The second-order valence-electron chi connectivity index (χ2n) is 3.70. The minimum atomic E-state index is -0.986. The first kappa shape index (κ1) is 18.4. The summed E-state index contributed by atoms with van der Waals surface area (Å²) in [5.41, 5.74) is -0.334. The Hall–Kier alpha value is -2.58. The van der Waals surface area contributed by atoms with Crippen molar-refractivity contribution in [3.63, 3.8) is 0 Å². The molecule has 0 aliphatic rings. The van der Waals surface area contributed by atoms with Crippen molar-refractivity contribution in [3.8, 4) is 0 Å². The summed E-state index contributed by atoms with van der Waals surface area (Å²) in [6.07, 6.45) is 1.02. The number of carbonyl (C=O) groups is 4. The summed E-state index contributed by atoms with van der Waals surface area (Å²) in [6, 6.07) is 0. The number of carbonyl (C=O) groups excluding carboxylic acids is 4. The molecule has 0 spiro atoms. The molecule has 0 aliphatic carbocycles. The van der Waals surface area contributed by atoms with Crippen molar-refractivity contribution in [1.29, 1.82) is 0 Å². The normalized spacial score (nSPS) is 9.43. The number of hydrogen-bond donors (Lipinski definition) is 2. The van der Waals surface area contributed by atoms with E-state index < -0.39 is 43.5 Å². The van der Waals surface area contributed by atoms with Gasteiger partial charge in [0.1, 0.15) is 13.5 Å². The van der Waals surface area contributed by atoms with Crippen molar-refractivity contribution in [2.75, 3.05) is 13.5 Å². The van der Waals surface area contributed by atoms with Crippen LogP contribution in [0.2, 0.25) is 0 Å². The van der Waals surface area contributed by atoms with Crippen LogP contribution in [0.1, 0.15) is 6.42 Å². The van der Waals surface area contributed by atoms with Gasteiger partial charge in [0, 0.05) is 5.57 Å². The average molecular weight is 296 g/mol. The molecule has 0 rings (SSSR count). The largest absolute Gasteiger partial charge is 0.376 e. The predicted molar refractivity (Wildman–Crippen MR) is 72.0 cm³/mol. The van der Waals surface area contributed by atoms with Gasteiger partial charge in [0.2, 0.25) is 5.91 Å². The number of nitrogens with zero attached hydrogens (tertiary/aromatic N) is 2. The Bertz CT molecular complexity index is 497. The lowest BCUT2D eigenvalue weighted by Gasteiger charge is -2.19. The fourth-order valence-corrected chi connectivity index (χ4v) is 1.27. The molecule has 0 aromatic carbocycles. The summed E-state index contributed by atoms with van der Waals surface area (Å²) in [7, 11) is 0. The summed E-state index contributed by atoms with van der Waals surface area (Å²) in [6.45, 7) is 7.85. The van der Waals surface area contributed by atoms with Gasteiger partial charge in [-0.3, -0.25) is 29.0 Å². The molecule has 0 bridgehead atoms. The topological polar surface area (TPSA) is 115 Å². The van der Waals surface area contributed by atoms with Crippen LogP contribution in [0.15, 0.2) is 37.5 Å². The van der Waals surface area contributed by atoms with Crippen LogP contribution in [0.4, 0.5) is 0 Å². The average Bonchev–Trinajstić information content (AvgIpc) is 2.47. The maximum Gasteiger partial charge on any atom is 0.258 e. The zero-order valence-corrected chi connectivity index (χ0v) is 11.3. The summed E-state index contributed by atoms with van der Waals surface area (Å²) in [5.74, 6) is -3.59. The van der Waals surface area contributed by atoms with E-state index in [1.165, 1.54) is 0 Å². The Morgan fingerprint density at radius 3 is 1.71 bits per heavy atom. The molecule has 0 atom stereocenters. The van der Waals surface area contributed by atoms with Gasteiger partial charge in [-0.25, -0.2) is 0 Å². The minimum absolute atomic E-state index is 0.334. The van der Waals surface area contributed by atoms with E-state index in [1.807, 2.05) is 0 Å². The van der Waals surface area contributed by atoms with E-state index in [4.69, 9.17) is 10.2 Å². The Morgan fingerprint density at radius 2 is 1.33 bits per heavy atom. The third kappa shape index (κ3) is 4.79. The molecule has 0 saturated carbocycles. The molecule has 0 unspecified atom stereocenters. The first-order chi connectivity index (χ1) is 9.83. The Kier molecular flexibility index (Phi) is 7.51. The minimum Gasteiger partial charge on any atom is -0.376 e. The highest BCUT2D eigenvalue weighted by atomic mass is 16.3. The third-order valence-corrected chi connectivity index (χ3v) is 2.38. The fraction of sp³-hybridized carbons (Fsp3) is 0.231. The van der Waals surface area contributed by atoms with Crippen molar-refractivity contribution < 1.29 is 29.4 Å². The van der Waals surface area contributed by atoms with Gasteiger partial charge in [0.05, 0.1) is 6.42 Å². The van der Waals surface area contributed by atoms with Crippen LogP contribution in [-0.4, -0.2) is 57.1 Å². The lowest BCUT2D eigenvalue weighted by Crippen LogP contribution is -2.40. The van der Waals surface area contributed by atoms with Crippen LogP contribution in [0.25, 0.3) is 0 Å². The van der Waals surface area contributed by atoms with Gasteiger partial charge in [-0.05, 0) is 12.2 Å². The second-order valence-corrected chi connectivity index (χ2v) is 3.70. The van der Waals surface area contributed by atoms with Gasteiger partial charge >= 0.3 is 0 Å². The molecule has 0 saturated heterocycles. The maximum absolute atomic E-state index is 11.8. The number of aliphatic hydroxyl groups excluding tert-OH is 2. The van der Waals surface area contributed by atoms with Crippen molar-refractivity contribution in [2.24, 2.45) is 0 Å². The van der Waals surface area contributed by atoms with Crippen LogP contribution in [0, 0.1) is 0 Å². The van der Waals surface area contributed by atoms with E-state index in [9.17, 15) is 19.2 Å². The molecule has 8 nitrogen and oxygen atoms in total. The Balaban J connectivity index is 4.96. The van der Waals surface area contributed by atoms with Crippen LogP contribution in [-0.2, 0) is 19.2 Å². The fourth-order valence-electron chi connectivity index (χ4n) is 1.27. The van der Waals surface area contributed by atoms with Crippen molar-refractivity contribution in [1.82, 2.24) is 9.80 Å². The summed E-state index contributed by atoms with van der Waals surface area (Å²) in [5, 5.41) is 17.9. The highest BCUT2D eigenvalue weighted by molar-refractivity contribution is 6.10. The molecule has 2 N–H and O–H groups in total. The summed E-state index contributed by atoms with van der Waals surface area (Å²) < 4.78 is 0. The monoisotopic (exact) mass is 296 g/mol. The number of hydrogen-bond acceptors (Lipinski definition) is 6. The molecular weight excluding hydrogens is 280 g/mol. The van der Waals surface area contributed by atoms with E-state index in [2.05, 4.69) is 19.7 Å². The molecule has 21 heavy (non-hydrogen) atoms. The molecular formula is C13H16N2O6. The Morgan fingerprint density at radius 1 is 0.905 bits per heavy atom. The van der Waals surface area contributed by atoms with Crippen LogP contribution >= 0.6 is 0 Å². The quantitative estimate of drug-likeness (QED) is 0.456. The predicted octanol–water partition coefficient (Wildman–Crippen LogP) is -1.09. The van der Waals surface area contributed by atoms with Crippen LogP contribution in [0.5, 0.6) is 0 Å². The number of amides is 4. The van der Waals surface area contributed by atoms with Crippen LogP contribution < -0.4 is 0 Å². The standard InChI is InChI=1S/C13H16N2O6/c1-4-10(18)14(7-16)12(20)6-9(3)13(21)15(8-17)11(19)5-2/h4-5,16-17H,1-3,6-8H2. The van der Waals surface area contributed by atoms with Crippen molar-refractivity contribution in [2.45, 2.75) is 6.42 Å². The number of imide groups is 2. The van der Waals surface area contributed by atoms with Gasteiger partial charge in [-0.1, -0.05) is 19.7 Å². The lowest BCUT2D eigenvalue weighted by atomic mass is 10.1. The SMILES string of the molecule is C=CC(=O)N(CO)C(=O)CC(=C)C(=O)N(CO)C(=O)C=C. The molecule has 8 heteroatoms. The van der Waals surface area contributed by atoms with E-state index in [0.717, 1.165) is 12.2 Å². The van der Waals surface area contributed by atoms with E-state index in [-0.39, 0.29) is 5.57 Å². The zero-order valence-electron chi connectivity index (χ0n) is 11.3. The molecule has 0 aliphatic heterocycles. The molecule has 0 radical (unpaired) electrons. The highest BCUT2D eigenvalue weighted by Crippen LogP contribution is 2.08. The highest BCUT2D eigenvalue weighted by Gasteiger charge is 2.25. The third-order valence-electron chi connectivity index (χ3n) is 2.38. The van der Waals surface area contributed by atoms with Crippen molar-refractivity contribution >= 4 is 23.6 Å². The van der Waals surface area contributed by atoms with Crippen molar-refractivity contribution in [3.05, 3.63) is 37.5 Å². The van der Waals surface area contributed by atoms with Gasteiger partial charge in [0.15, 0.2) is 0 Å².